The Morgan fingerprint density at radius 1 is 1.02 bits per heavy atom. The molecule has 3 aromatic carbocycles. The Bertz CT molecular complexity index is 1570. The number of amides is 2. The average Bonchev–Trinajstić information content (AvgIpc) is 3.44. The van der Waals surface area contributed by atoms with E-state index in [9.17, 15) is 22.8 Å². The Morgan fingerprint density at radius 3 is 2.31 bits per heavy atom. The van der Waals surface area contributed by atoms with E-state index in [4.69, 9.17) is 5.26 Å². The first-order valence-corrected chi connectivity index (χ1v) is 13.2. The molecule has 0 spiro atoms. The van der Waals surface area contributed by atoms with Crippen LogP contribution in [0.1, 0.15) is 46.8 Å². The van der Waals surface area contributed by atoms with Gasteiger partial charge in [-0.2, -0.15) is 23.5 Å². The van der Waals surface area contributed by atoms with Crippen molar-refractivity contribution < 1.29 is 22.8 Å². The van der Waals surface area contributed by atoms with Gasteiger partial charge in [0.25, 0.3) is 11.8 Å². The minimum absolute atomic E-state index is 0.159. The number of hydrogen-bond acceptors (Lipinski definition) is 5. The number of carbonyl (C=O) groups is 2. The summed E-state index contributed by atoms with van der Waals surface area (Å²) >= 11 is 0. The number of benzene rings is 3. The fourth-order valence-electron chi connectivity index (χ4n) is 4.66. The van der Waals surface area contributed by atoms with Crippen molar-refractivity contribution in [3.63, 3.8) is 0 Å². The Hall–Kier alpha value is -5.11. The predicted octanol–water partition coefficient (Wildman–Crippen LogP) is 5.42. The van der Waals surface area contributed by atoms with Gasteiger partial charge in [0.05, 0.1) is 17.4 Å². The van der Waals surface area contributed by atoms with E-state index in [0.717, 1.165) is 28.9 Å². The lowest BCUT2D eigenvalue weighted by atomic mass is 9.89. The van der Waals surface area contributed by atoms with Crippen molar-refractivity contribution in [2.24, 2.45) is 0 Å². The molecule has 216 valence electrons. The lowest BCUT2D eigenvalue weighted by Gasteiger charge is -2.36. The highest BCUT2D eigenvalue weighted by atomic mass is 19.4. The third kappa shape index (κ3) is 6.61. The Balaban J connectivity index is 0.000000343. The van der Waals surface area contributed by atoms with Crippen LogP contribution in [0.25, 0.3) is 5.69 Å². The molecule has 0 bridgehead atoms. The number of nitrogens with one attached hydrogen (secondary N) is 2. The van der Waals surface area contributed by atoms with Crippen molar-refractivity contribution in [2.75, 3.05) is 11.4 Å². The highest BCUT2D eigenvalue weighted by molar-refractivity contribution is 6.04. The Labute approximate surface area is 241 Å². The molecule has 4 aromatic rings. The first kappa shape index (κ1) is 29.9. The quantitative estimate of drug-likeness (QED) is 0.237. The van der Waals surface area contributed by atoms with Crippen LogP contribution in [0.15, 0.2) is 91.1 Å². The molecular formula is C31H29F3N6O2. The number of rotatable bonds is 6. The van der Waals surface area contributed by atoms with E-state index < -0.39 is 29.6 Å². The molecule has 0 saturated heterocycles. The maximum absolute atomic E-state index is 13.3. The first-order valence-electron chi connectivity index (χ1n) is 13.2. The van der Waals surface area contributed by atoms with Crippen LogP contribution < -0.4 is 15.5 Å². The van der Waals surface area contributed by atoms with Crippen molar-refractivity contribution in [1.29, 1.82) is 5.26 Å². The molecule has 1 aromatic heterocycles. The molecule has 0 aliphatic carbocycles. The minimum atomic E-state index is -4.57. The van der Waals surface area contributed by atoms with Gasteiger partial charge in [0.1, 0.15) is 11.9 Å². The van der Waals surface area contributed by atoms with E-state index in [1.165, 1.54) is 17.0 Å². The number of carbonyl (C=O) groups excluding carboxylic acids is 2. The highest BCUT2D eigenvalue weighted by Crippen LogP contribution is 2.37. The summed E-state index contributed by atoms with van der Waals surface area (Å²) in [6.07, 6.45) is -1.04. The molecule has 0 fully saturated rings. The van der Waals surface area contributed by atoms with Gasteiger partial charge in [0.2, 0.25) is 0 Å². The van der Waals surface area contributed by atoms with Gasteiger partial charge in [-0.3, -0.25) is 14.5 Å². The van der Waals surface area contributed by atoms with Crippen LogP contribution in [0.4, 0.5) is 19.0 Å². The van der Waals surface area contributed by atoms with Crippen molar-refractivity contribution in [1.82, 2.24) is 20.4 Å². The second kappa shape index (κ2) is 13.0. The van der Waals surface area contributed by atoms with Crippen LogP contribution >= 0.6 is 0 Å². The van der Waals surface area contributed by atoms with Crippen LogP contribution in [-0.4, -0.2) is 34.2 Å². The van der Waals surface area contributed by atoms with Crippen LogP contribution in [0, 0.1) is 11.5 Å². The van der Waals surface area contributed by atoms with Crippen molar-refractivity contribution in [3.8, 4) is 11.9 Å². The molecule has 2 unspecified atom stereocenters. The highest BCUT2D eigenvalue weighted by Gasteiger charge is 2.41. The van der Waals surface area contributed by atoms with Crippen LogP contribution in [0.5, 0.6) is 0 Å². The van der Waals surface area contributed by atoms with Gasteiger partial charge in [0.15, 0.2) is 6.19 Å². The van der Waals surface area contributed by atoms with Gasteiger partial charge in [-0.1, -0.05) is 61.5 Å². The van der Waals surface area contributed by atoms with Crippen LogP contribution in [0.2, 0.25) is 0 Å². The molecule has 0 saturated carbocycles. The summed E-state index contributed by atoms with van der Waals surface area (Å²) in [7, 11) is 0. The van der Waals surface area contributed by atoms with E-state index in [1.807, 2.05) is 73.8 Å². The fourth-order valence-corrected chi connectivity index (χ4v) is 4.66. The van der Waals surface area contributed by atoms with E-state index in [2.05, 4.69) is 15.7 Å². The smallest absolute Gasteiger partial charge is 0.340 e. The second-order valence-corrected chi connectivity index (χ2v) is 9.52. The largest absolute Gasteiger partial charge is 0.416 e. The summed E-state index contributed by atoms with van der Waals surface area (Å²) in [4.78, 5) is 27.6. The summed E-state index contributed by atoms with van der Waals surface area (Å²) < 4.78 is 40.7. The van der Waals surface area contributed by atoms with Gasteiger partial charge in [-0.05, 0) is 42.8 Å². The zero-order valence-corrected chi connectivity index (χ0v) is 23.0. The number of fused-ring (bicyclic) bond motifs is 1. The minimum Gasteiger partial charge on any atom is -0.340 e. The zero-order chi connectivity index (χ0) is 30.3. The lowest BCUT2D eigenvalue weighted by Crippen LogP contribution is -2.54. The van der Waals surface area contributed by atoms with Gasteiger partial charge in [0, 0.05) is 30.1 Å². The molecular weight excluding hydrogens is 545 g/mol. The fraction of sp³-hybridized carbons (Fsp3) is 0.226. The van der Waals surface area contributed by atoms with E-state index in [0.29, 0.717) is 18.9 Å². The van der Waals surface area contributed by atoms with Crippen molar-refractivity contribution in [3.05, 3.63) is 113 Å². The monoisotopic (exact) mass is 574 g/mol. The molecule has 2 heterocycles. The number of nitriles is 1. The van der Waals surface area contributed by atoms with Gasteiger partial charge >= 0.3 is 6.18 Å². The second-order valence-electron chi connectivity index (χ2n) is 9.52. The number of likely N-dealkylation sites (N-methyl/N-ethyl adjacent to an activating group) is 1. The third-order valence-corrected chi connectivity index (χ3v) is 6.82. The summed E-state index contributed by atoms with van der Waals surface area (Å²) in [6, 6.07) is 22.4. The molecule has 8 nitrogen and oxygen atoms in total. The Kier molecular flexibility index (Phi) is 9.27. The number of aromatic nitrogens is 2. The summed E-state index contributed by atoms with van der Waals surface area (Å²) in [6.45, 7) is 4.56. The van der Waals surface area contributed by atoms with Crippen molar-refractivity contribution in [2.45, 2.75) is 38.5 Å². The summed E-state index contributed by atoms with van der Waals surface area (Å²) in [5.41, 5.74) is 1.61. The van der Waals surface area contributed by atoms with Crippen LogP contribution in [0.3, 0.4) is 0 Å². The molecule has 2 amide bonds. The maximum Gasteiger partial charge on any atom is 0.416 e. The number of anilines is 1. The number of nitrogens with zero attached hydrogens (tertiary/aromatic N) is 4. The zero-order valence-electron chi connectivity index (χ0n) is 23.0. The van der Waals surface area contributed by atoms with E-state index >= 15 is 0 Å². The lowest BCUT2D eigenvalue weighted by molar-refractivity contribution is -0.137. The molecule has 11 heteroatoms. The molecule has 5 rings (SSSR count). The van der Waals surface area contributed by atoms with Gasteiger partial charge in [-0.15, -0.1) is 0 Å². The topological polar surface area (TPSA) is 103 Å². The molecule has 42 heavy (non-hydrogen) atoms. The molecule has 2 N–H and O–H groups in total. The maximum atomic E-state index is 13.3. The number of alkyl halides is 3. The van der Waals surface area contributed by atoms with Crippen molar-refractivity contribution >= 4 is 17.6 Å². The number of hydrogen-bond donors (Lipinski definition) is 2. The molecule has 2 atom stereocenters. The standard InChI is InChI=1S/C23H21F3N4O2.C8H8N2/c1-3-29-21-18(13-27-30(21)17-10-5-4-6-11-17)14(2)19(22(29)32)28-20(31)15-8-7-9-16(12-15)23(24,25)26;9-7-10-6-8-4-2-1-3-5-8/h4-14,19H,3H2,1-2H3,(H,28,31);1-5,10H,6H2. The van der Waals surface area contributed by atoms with Crippen LogP contribution in [-0.2, 0) is 17.5 Å². The van der Waals surface area contributed by atoms with E-state index in [1.54, 1.807) is 17.8 Å². The van der Waals surface area contributed by atoms with Gasteiger partial charge in [-0.25, -0.2) is 4.68 Å². The third-order valence-electron chi connectivity index (χ3n) is 6.82. The normalized spacial score (nSPS) is 16.0. The first-order chi connectivity index (χ1) is 20.2. The molecule has 1 aliphatic rings. The number of halogens is 3. The van der Waals surface area contributed by atoms with E-state index in [-0.39, 0.29) is 11.5 Å². The number of para-hydroxylation sites is 1. The summed E-state index contributed by atoms with van der Waals surface area (Å²) in [5.74, 6) is -0.880. The SMILES string of the molecule is CCN1C(=O)C(NC(=O)c2cccc(C(F)(F)F)c2)C(C)c2cnn(-c3ccccc3)c21.N#CNCc1ccccc1. The molecule has 0 radical (unpaired) electrons. The average molecular weight is 575 g/mol. The predicted molar refractivity (Wildman–Crippen MR) is 152 cm³/mol. The molecule has 1 aliphatic heterocycles. The summed E-state index contributed by atoms with van der Waals surface area (Å²) in [5, 5.41) is 17.8. The van der Waals surface area contributed by atoms with Gasteiger partial charge < -0.3 is 10.6 Å². The Morgan fingerprint density at radius 2 is 1.69 bits per heavy atom.